The second kappa shape index (κ2) is 11.2. The molecule has 0 spiro atoms. The summed E-state index contributed by atoms with van der Waals surface area (Å²) in [5, 5.41) is 24.1. The quantitative estimate of drug-likeness (QED) is 0.210. The fraction of sp³-hybridized carbons (Fsp3) is 0.318. The molecule has 9 nitrogen and oxygen atoms in total. The highest BCUT2D eigenvalue weighted by atomic mass is 35.5. The first-order valence-electron chi connectivity index (χ1n) is 10.1. The Kier molecular flexibility index (Phi) is 8.71. The van der Waals surface area contributed by atoms with Gasteiger partial charge in [0.15, 0.2) is 5.02 Å². The van der Waals surface area contributed by atoms with Crippen LogP contribution in [0.15, 0.2) is 58.8 Å². The van der Waals surface area contributed by atoms with Gasteiger partial charge in [0.05, 0.1) is 10.2 Å². The van der Waals surface area contributed by atoms with Gasteiger partial charge in [-0.25, -0.2) is 4.68 Å². The third kappa shape index (κ3) is 5.82. The minimum atomic E-state index is -1.75. The zero-order valence-electron chi connectivity index (χ0n) is 18.8. The predicted octanol–water partition coefficient (Wildman–Crippen LogP) is 5.50. The Balaban J connectivity index is 0.000000837. The van der Waals surface area contributed by atoms with Gasteiger partial charge in [-0.05, 0) is 55.7 Å². The Morgan fingerprint density at radius 3 is 2.22 bits per heavy atom. The molecular weight excluding hydrogens is 432 g/mol. The van der Waals surface area contributed by atoms with Gasteiger partial charge in [0.25, 0.3) is 0 Å². The molecule has 0 aliphatic heterocycles. The Bertz CT molecular complexity index is 1090. The van der Waals surface area contributed by atoms with Gasteiger partial charge in [-0.3, -0.25) is 0 Å². The average molecular weight is 459 g/mol. The van der Waals surface area contributed by atoms with E-state index < -0.39 is 5.09 Å². The minimum Gasteiger partial charge on any atom is -0.372 e. The summed E-state index contributed by atoms with van der Waals surface area (Å²) in [6, 6.07) is 16.2. The van der Waals surface area contributed by atoms with E-state index in [-0.39, 0.29) is 0 Å². The standard InChI is InChI=1S/C22H27ClN5.NO3/c1-6-28(7-2)18-13-14-19(16(3)15-18)21-20(23)22(27(5)26(21)4)25-24-17-11-9-8-10-12-17;2-1(3)4/h8-15H,6-7H2,1-5H3;/q+1;-1. The molecule has 0 N–H and O–H groups in total. The molecule has 2 aromatic carbocycles. The largest absolute Gasteiger partial charge is 0.389 e. The van der Waals surface area contributed by atoms with E-state index in [0.717, 1.165) is 30.0 Å². The van der Waals surface area contributed by atoms with Crippen LogP contribution in [0.25, 0.3) is 11.3 Å². The van der Waals surface area contributed by atoms with Gasteiger partial charge in [-0.15, -0.1) is 0 Å². The summed E-state index contributed by atoms with van der Waals surface area (Å²) in [7, 11) is 3.93. The molecule has 170 valence electrons. The molecule has 3 rings (SSSR count). The third-order valence-electron chi connectivity index (χ3n) is 5.09. The highest BCUT2D eigenvalue weighted by Gasteiger charge is 2.27. The van der Waals surface area contributed by atoms with E-state index in [1.54, 1.807) is 0 Å². The first-order valence-corrected chi connectivity index (χ1v) is 10.5. The van der Waals surface area contributed by atoms with Gasteiger partial charge in [-0.1, -0.05) is 35.9 Å². The van der Waals surface area contributed by atoms with Crippen LogP contribution in [0.4, 0.5) is 17.2 Å². The predicted molar refractivity (Wildman–Crippen MR) is 126 cm³/mol. The molecule has 0 unspecified atom stereocenters. The number of halogens is 1. The average Bonchev–Trinajstić information content (AvgIpc) is 2.96. The van der Waals surface area contributed by atoms with E-state index >= 15 is 0 Å². The molecule has 1 heterocycles. The third-order valence-corrected chi connectivity index (χ3v) is 5.44. The molecular formula is C22H27ClN6O3. The van der Waals surface area contributed by atoms with Gasteiger partial charge < -0.3 is 20.2 Å². The number of hydrogen-bond acceptors (Lipinski definition) is 6. The van der Waals surface area contributed by atoms with Gasteiger partial charge in [-0.2, -0.15) is 4.68 Å². The summed E-state index contributed by atoms with van der Waals surface area (Å²) >= 11 is 6.76. The van der Waals surface area contributed by atoms with Crippen molar-refractivity contribution in [3.63, 3.8) is 0 Å². The normalized spacial score (nSPS) is 10.7. The molecule has 0 saturated heterocycles. The lowest BCUT2D eigenvalue weighted by Gasteiger charge is -2.22. The Morgan fingerprint density at radius 1 is 1.09 bits per heavy atom. The number of aromatic nitrogens is 2. The fourth-order valence-corrected chi connectivity index (χ4v) is 3.77. The molecule has 0 saturated carbocycles. The molecule has 10 heteroatoms. The number of nitrogens with zero attached hydrogens (tertiary/aromatic N) is 6. The van der Waals surface area contributed by atoms with Crippen LogP contribution in [0, 0.1) is 22.2 Å². The monoisotopic (exact) mass is 458 g/mol. The Labute approximate surface area is 192 Å². The van der Waals surface area contributed by atoms with Crippen LogP contribution in [0.3, 0.4) is 0 Å². The maximum absolute atomic E-state index is 8.25. The highest BCUT2D eigenvalue weighted by Crippen LogP contribution is 2.37. The van der Waals surface area contributed by atoms with Crippen LogP contribution in [0.1, 0.15) is 19.4 Å². The van der Waals surface area contributed by atoms with E-state index in [4.69, 9.17) is 26.9 Å². The number of benzene rings is 2. The molecule has 0 radical (unpaired) electrons. The number of aryl methyl sites for hydroxylation is 1. The van der Waals surface area contributed by atoms with Crippen molar-refractivity contribution in [1.29, 1.82) is 0 Å². The summed E-state index contributed by atoms with van der Waals surface area (Å²) in [4.78, 5) is 10.6. The van der Waals surface area contributed by atoms with Crippen molar-refractivity contribution in [3.8, 4) is 11.3 Å². The summed E-state index contributed by atoms with van der Waals surface area (Å²) in [5.74, 6) is 0.634. The lowest BCUT2D eigenvalue weighted by molar-refractivity contribution is -0.738. The van der Waals surface area contributed by atoms with Crippen molar-refractivity contribution in [3.05, 3.63) is 74.4 Å². The van der Waals surface area contributed by atoms with Crippen LogP contribution in [-0.4, -0.2) is 22.9 Å². The van der Waals surface area contributed by atoms with Gasteiger partial charge >= 0.3 is 5.82 Å². The van der Waals surface area contributed by atoms with Gasteiger partial charge in [0.1, 0.15) is 18.4 Å². The van der Waals surface area contributed by atoms with E-state index in [1.807, 2.05) is 53.8 Å². The van der Waals surface area contributed by atoms with Crippen LogP contribution in [0.2, 0.25) is 5.02 Å². The number of azo groups is 1. The molecule has 0 fully saturated rings. The van der Waals surface area contributed by atoms with Crippen molar-refractivity contribution in [2.75, 3.05) is 18.0 Å². The first-order chi connectivity index (χ1) is 15.2. The van der Waals surface area contributed by atoms with Gasteiger partial charge in [0.2, 0.25) is 0 Å². The molecule has 0 atom stereocenters. The van der Waals surface area contributed by atoms with Crippen LogP contribution in [-0.2, 0) is 14.1 Å². The lowest BCUT2D eigenvalue weighted by Crippen LogP contribution is -2.37. The van der Waals surface area contributed by atoms with Crippen molar-refractivity contribution in [2.45, 2.75) is 20.8 Å². The van der Waals surface area contributed by atoms with E-state index in [0.29, 0.717) is 10.8 Å². The maximum Gasteiger partial charge on any atom is 0.389 e. The van der Waals surface area contributed by atoms with Crippen molar-refractivity contribution in [1.82, 2.24) is 4.68 Å². The maximum atomic E-state index is 8.25. The van der Waals surface area contributed by atoms with E-state index in [2.05, 4.69) is 54.1 Å². The number of anilines is 1. The molecule has 1 aromatic heterocycles. The SMILES string of the molecule is CCN(CC)c1ccc(-c2c(Cl)c(N=Nc3ccccc3)[n+](C)n2C)c(C)c1.O=[N+]([O-])[O-]. The molecule has 0 aliphatic rings. The summed E-state index contributed by atoms with van der Waals surface area (Å²) in [6.45, 7) is 8.44. The zero-order chi connectivity index (χ0) is 23.8. The van der Waals surface area contributed by atoms with Crippen LogP contribution >= 0.6 is 11.6 Å². The van der Waals surface area contributed by atoms with Crippen LogP contribution in [0.5, 0.6) is 0 Å². The Hall–Kier alpha value is -3.46. The molecule has 0 amide bonds. The van der Waals surface area contributed by atoms with Crippen molar-refractivity contribution in [2.24, 2.45) is 24.3 Å². The van der Waals surface area contributed by atoms with Crippen LogP contribution < -0.4 is 9.58 Å². The molecule has 0 bridgehead atoms. The lowest BCUT2D eigenvalue weighted by atomic mass is 10.0. The summed E-state index contributed by atoms with van der Waals surface area (Å²) in [6.07, 6.45) is 0. The molecule has 0 aliphatic carbocycles. The second-order valence-corrected chi connectivity index (χ2v) is 7.34. The summed E-state index contributed by atoms with van der Waals surface area (Å²) in [5.41, 5.74) is 5.24. The first kappa shape index (κ1) is 24.8. The zero-order valence-corrected chi connectivity index (χ0v) is 19.6. The number of hydrogen-bond donors (Lipinski definition) is 0. The van der Waals surface area contributed by atoms with Gasteiger partial charge in [0, 0.05) is 31.4 Å². The van der Waals surface area contributed by atoms with Crippen molar-refractivity contribution < 1.29 is 9.77 Å². The molecule has 32 heavy (non-hydrogen) atoms. The van der Waals surface area contributed by atoms with E-state index in [9.17, 15) is 0 Å². The fourth-order valence-electron chi connectivity index (χ4n) is 3.38. The van der Waals surface area contributed by atoms with Crippen molar-refractivity contribution >= 4 is 28.8 Å². The summed E-state index contributed by atoms with van der Waals surface area (Å²) < 4.78 is 3.93. The second-order valence-electron chi connectivity index (χ2n) is 6.96. The molecule has 3 aromatic rings. The Morgan fingerprint density at radius 2 is 1.69 bits per heavy atom. The highest BCUT2D eigenvalue weighted by molar-refractivity contribution is 6.35. The topological polar surface area (TPSA) is 103 Å². The van der Waals surface area contributed by atoms with E-state index in [1.165, 1.54) is 11.3 Å². The smallest absolute Gasteiger partial charge is 0.372 e. The number of rotatable bonds is 6. The minimum absolute atomic E-state index is 0.600.